The molecule has 9 nitrogen and oxygen atoms in total. The summed E-state index contributed by atoms with van der Waals surface area (Å²) in [4.78, 5) is 23.0. The minimum atomic E-state index is -0.531. The third kappa shape index (κ3) is 4.93. The van der Waals surface area contributed by atoms with E-state index in [0.29, 0.717) is 35.7 Å². The number of nitrogens with one attached hydrogen (secondary N) is 2. The number of aromatic nitrogens is 2. The minimum absolute atomic E-state index is 0.137. The predicted octanol–water partition coefficient (Wildman–Crippen LogP) is 3.68. The summed E-state index contributed by atoms with van der Waals surface area (Å²) < 4.78 is 10.6. The Hall–Kier alpha value is -3.88. The number of nitro benzene ring substituents is 1. The van der Waals surface area contributed by atoms with Gasteiger partial charge in [-0.2, -0.15) is 5.10 Å². The molecular weight excluding hydrogens is 388 g/mol. The molecule has 2 aromatic carbocycles. The number of benzene rings is 2. The first kappa shape index (κ1) is 20.8. The van der Waals surface area contributed by atoms with Gasteiger partial charge in [-0.1, -0.05) is 6.07 Å². The third-order valence-electron chi connectivity index (χ3n) is 4.64. The Bertz CT molecular complexity index is 1050. The van der Waals surface area contributed by atoms with E-state index in [1.807, 2.05) is 18.2 Å². The second kappa shape index (κ2) is 9.08. The number of nitrogens with zero attached hydrogens (tertiary/aromatic N) is 2. The van der Waals surface area contributed by atoms with Crippen LogP contribution >= 0.6 is 0 Å². The first-order chi connectivity index (χ1) is 14.4. The lowest BCUT2D eigenvalue weighted by molar-refractivity contribution is -0.384. The van der Waals surface area contributed by atoms with Crippen LogP contribution in [-0.4, -0.2) is 35.2 Å². The molecule has 1 heterocycles. The van der Waals surface area contributed by atoms with E-state index in [9.17, 15) is 14.9 Å². The summed E-state index contributed by atoms with van der Waals surface area (Å²) in [5.74, 6) is 1.33. The van der Waals surface area contributed by atoms with E-state index in [0.717, 1.165) is 11.3 Å². The molecule has 0 aliphatic rings. The van der Waals surface area contributed by atoms with Crippen molar-refractivity contribution in [2.75, 3.05) is 19.5 Å². The molecule has 0 radical (unpaired) electrons. The number of ether oxygens (including phenoxy) is 2. The first-order valence-electron chi connectivity index (χ1n) is 9.22. The van der Waals surface area contributed by atoms with Crippen LogP contribution in [0.5, 0.6) is 11.5 Å². The van der Waals surface area contributed by atoms with Crippen molar-refractivity contribution in [2.45, 2.75) is 19.8 Å². The number of aromatic amines is 1. The van der Waals surface area contributed by atoms with Gasteiger partial charge in [0.25, 0.3) is 11.6 Å². The summed E-state index contributed by atoms with van der Waals surface area (Å²) in [5, 5.41) is 20.6. The molecule has 1 aromatic heterocycles. The summed E-state index contributed by atoms with van der Waals surface area (Å²) in [6.07, 6.45) is 1.38. The van der Waals surface area contributed by atoms with Crippen molar-refractivity contribution in [3.63, 3.8) is 0 Å². The van der Waals surface area contributed by atoms with E-state index in [-0.39, 0.29) is 11.3 Å². The molecule has 30 heavy (non-hydrogen) atoms. The maximum Gasteiger partial charge on any atom is 0.270 e. The van der Waals surface area contributed by atoms with Crippen LogP contribution in [0.25, 0.3) is 0 Å². The smallest absolute Gasteiger partial charge is 0.270 e. The molecule has 2 N–H and O–H groups in total. The Balaban J connectivity index is 1.66. The van der Waals surface area contributed by atoms with E-state index < -0.39 is 10.8 Å². The number of non-ortho nitro benzene ring substituents is 1. The molecule has 0 bridgehead atoms. The number of anilines is 1. The Kier molecular flexibility index (Phi) is 6.31. The molecule has 0 saturated carbocycles. The van der Waals surface area contributed by atoms with Crippen LogP contribution in [0.4, 0.5) is 11.5 Å². The molecule has 0 atom stereocenters. The number of carbonyl (C=O) groups excluding carboxylic acids is 1. The molecule has 3 aromatic rings. The number of carbonyl (C=O) groups is 1. The highest BCUT2D eigenvalue weighted by molar-refractivity contribution is 6.05. The van der Waals surface area contributed by atoms with Crippen LogP contribution in [0.3, 0.4) is 0 Å². The molecule has 0 aliphatic heterocycles. The van der Waals surface area contributed by atoms with Gasteiger partial charge in [0.2, 0.25) is 0 Å². The highest BCUT2D eigenvalue weighted by Gasteiger charge is 2.16. The van der Waals surface area contributed by atoms with E-state index >= 15 is 0 Å². The zero-order chi connectivity index (χ0) is 21.7. The van der Waals surface area contributed by atoms with Gasteiger partial charge in [0.15, 0.2) is 5.82 Å². The average molecular weight is 410 g/mol. The molecule has 0 unspecified atom stereocenters. The molecule has 1 amide bonds. The monoisotopic (exact) mass is 410 g/mol. The van der Waals surface area contributed by atoms with E-state index in [4.69, 9.17) is 9.47 Å². The van der Waals surface area contributed by atoms with Crippen molar-refractivity contribution in [1.29, 1.82) is 0 Å². The van der Waals surface area contributed by atoms with Crippen molar-refractivity contribution in [1.82, 2.24) is 10.2 Å². The number of aryl methyl sites for hydroxylation is 3. The standard InChI is InChI=1S/C21H22N4O5/c1-13-4-7-16(25(27)28)11-19(13)21(26)22-20-10-15(23-24-20)6-5-14-8-17(29-2)12-18(9-14)30-3/h4,7-12H,5-6H2,1-3H3,(H2,22,23,24,26). The molecule has 156 valence electrons. The molecule has 0 spiro atoms. The molecule has 3 rings (SSSR count). The summed E-state index contributed by atoms with van der Waals surface area (Å²) in [6.45, 7) is 1.72. The second-order valence-corrected chi connectivity index (χ2v) is 6.71. The van der Waals surface area contributed by atoms with Crippen molar-refractivity contribution in [2.24, 2.45) is 0 Å². The Labute approximate surface area is 173 Å². The largest absolute Gasteiger partial charge is 0.497 e. The molecule has 0 saturated heterocycles. The van der Waals surface area contributed by atoms with Crippen molar-refractivity contribution in [3.8, 4) is 11.5 Å². The van der Waals surface area contributed by atoms with Crippen molar-refractivity contribution >= 4 is 17.4 Å². The summed E-state index contributed by atoms with van der Waals surface area (Å²) >= 11 is 0. The average Bonchev–Trinajstić information content (AvgIpc) is 3.19. The molecule has 0 aliphatic carbocycles. The van der Waals surface area contributed by atoms with E-state index in [2.05, 4.69) is 15.5 Å². The van der Waals surface area contributed by atoms with Gasteiger partial charge in [-0.25, -0.2) is 0 Å². The van der Waals surface area contributed by atoms with Gasteiger partial charge in [0, 0.05) is 35.5 Å². The number of H-pyrrole nitrogens is 1. The SMILES string of the molecule is COc1cc(CCc2cc(NC(=O)c3cc([N+](=O)[O-])ccc3C)n[nH]2)cc(OC)c1. The van der Waals surface area contributed by atoms with E-state index in [1.54, 1.807) is 33.3 Å². The van der Waals surface area contributed by atoms with Crippen molar-refractivity contribution < 1.29 is 19.2 Å². The zero-order valence-corrected chi connectivity index (χ0v) is 16.9. The fourth-order valence-electron chi connectivity index (χ4n) is 3.00. The Morgan fingerprint density at radius 2 is 1.80 bits per heavy atom. The fourth-order valence-corrected chi connectivity index (χ4v) is 3.00. The quantitative estimate of drug-likeness (QED) is 0.432. The Morgan fingerprint density at radius 3 is 2.43 bits per heavy atom. The van der Waals surface area contributed by atoms with Gasteiger partial charge < -0.3 is 14.8 Å². The van der Waals surface area contributed by atoms with Crippen LogP contribution in [0.15, 0.2) is 42.5 Å². The lowest BCUT2D eigenvalue weighted by Gasteiger charge is -2.08. The van der Waals surface area contributed by atoms with Crippen LogP contribution in [0.2, 0.25) is 0 Å². The van der Waals surface area contributed by atoms with Crippen LogP contribution in [-0.2, 0) is 12.8 Å². The Morgan fingerprint density at radius 1 is 1.10 bits per heavy atom. The number of rotatable bonds is 8. The second-order valence-electron chi connectivity index (χ2n) is 6.71. The van der Waals surface area contributed by atoms with Gasteiger partial charge in [-0.3, -0.25) is 20.0 Å². The van der Waals surface area contributed by atoms with Gasteiger partial charge in [0.05, 0.1) is 19.1 Å². The number of methoxy groups -OCH3 is 2. The summed E-state index contributed by atoms with van der Waals surface area (Å²) in [6, 6.07) is 11.6. The first-order valence-corrected chi connectivity index (χ1v) is 9.22. The maximum atomic E-state index is 12.5. The molecular formula is C21H22N4O5. The lowest BCUT2D eigenvalue weighted by atomic mass is 10.1. The number of nitro groups is 1. The number of hydrogen-bond acceptors (Lipinski definition) is 6. The van der Waals surface area contributed by atoms with Gasteiger partial charge in [-0.05, 0) is 43.0 Å². The van der Waals surface area contributed by atoms with Gasteiger partial charge >= 0.3 is 0 Å². The van der Waals surface area contributed by atoms with Gasteiger partial charge in [-0.15, -0.1) is 0 Å². The summed E-state index contributed by atoms with van der Waals surface area (Å²) in [7, 11) is 3.21. The topological polar surface area (TPSA) is 119 Å². The maximum absolute atomic E-state index is 12.5. The predicted molar refractivity (Wildman–Crippen MR) is 111 cm³/mol. The van der Waals surface area contributed by atoms with Crippen LogP contribution in [0.1, 0.15) is 27.2 Å². The van der Waals surface area contributed by atoms with E-state index in [1.165, 1.54) is 12.1 Å². The number of hydrogen-bond donors (Lipinski definition) is 2. The lowest BCUT2D eigenvalue weighted by Crippen LogP contribution is -2.14. The fraction of sp³-hybridized carbons (Fsp3) is 0.238. The van der Waals surface area contributed by atoms with Gasteiger partial charge in [0.1, 0.15) is 11.5 Å². The van der Waals surface area contributed by atoms with Crippen molar-refractivity contribution in [3.05, 3.63) is 75.0 Å². The third-order valence-corrected chi connectivity index (χ3v) is 4.64. The highest BCUT2D eigenvalue weighted by Crippen LogP contribution is 2.24. The minimum Gasteiger partial charge on any atom is -0.497 e. The number of amides is 1. The van der Waals surface area contributed by atoms with Crippen LogP contribution in [0, 0.1) is 17.0 Å². The molecule has 9 heteroatoms. The van der Waals surface area contributed by atoms with Crippen LogP contribution < -0.4 is 14.8 Å². The normalized spacial score (nSPS) is 10.5. The zero-order valence-electron chi connectivity index (χ0n) is 16.9. The molecule has 0 fully saturated rings. The highest BCUT2D eigenvalue weighted by atomic mass is 16.6. The summed E-state index contributed by atoms with van der Waals surface area (Å²) in [5.41, 5.74) is 2.61.